The number of aliphatic carboxylic acids is 1. The van der Waals surface area contributed by atoms with Gasteiger partial charge in [0.05, 0.1) is 99.1 Å². The van der Waals surface area contributed by atoms with Crippen molar-refractivity contribution in [2.45, 2.75) is 30.8 Å². The number of amides is 2. The molecule has 5 N–H and O–H groups in total. The highest BCUT2D eigenvalue weighted by Crippen LogP contribution is 2.10. The van der Waals surface area contributed by atoms with Crippen LogP contribution >= 0.6 is 0 Å². The van der Waals surface area contributed by atoms with E-state index in [2.05, 4.69) is 28.4 Å². The standard InChI is InChI=1S/C33H53N3O13/c1-4-11-47-26-33(27-48-12-5-2,28-49-13-6-3)36-31(38)9-14-41-16-18-43-20-22-45-24-25-46-23-21-44-19-17-42-15-10-35-30(37)8-7-29(34)32(39)40/h1-3,29H,7-28,34H2,(H,35,37)(H,36,38)(H,39,40)/t29-/m0/s1. The molecule has 0 aromatic rings. The number of carbonyl (C=O) groups is 3. The number of carbonyl (C=O) groups excluding carboxylic acids is 2. The number of carboxylic acids is 1. The molecule has 0 fully saturated rings. The highest BCUT2D eigenvalue weighted by Gasteiger charge is 2.33. The average molecular weight is 700 g/mol. The summed E-state index contributed by atoms with van der Waals surface area (Å²) in [6.07, 6.45) is 16.0. The Morgan fingerprint density at radius 3 is 1.37 bits per heavy atom. The lowest BCUT2D eigenvalue weighted by molar-refractivity contribution is -0.138. The highest BCUT2D eigenvalue weighted by atomic mass is 16.6. The Morgan fingerprint density at radius 1 is 0.592 bits per heavy atom. The zero-order chi connectivity index (χ0) is 36.3. The molecule has 0 spiro atoms. The van der Waals surface area contributed by atoms with Crippen LogP contribution in [-0.4, -0.2) is 160 Å². The van der Waals surface area contributed by atoms with Gasteiger partial charge in [-0.3, -0.25) is 14.4 Å². The van der Waals surface area contributed by atoms with Crippen molar-refractivity contribution >= 4 is 17.8 Å². The fourth-order valence-corrected chi connectivity index (χ4v) is 3.64. The molecule has 0 saturated heterocycles. The highest BCUT2D eigenvalue weighted by molar-refractivity contribution is 5.78. The van der Waals surface area contributed by atoms with Crippen molar-refractivity contribution in [1.82, 2.24) is 10.6 Å². The van der Waals surface area contributed by atoms with Crippen LogP contribution in [0.5, 0.6) is 0 Å². The van der Waals surface area contributed by atoms with E-state index >= 15 is 0 Å². The van der Waals surface area contributed by atoms with Gasteiger partial charge in [0.15, 0.2) is 0 Å². The number of hydrogen-bond acceptors (Lipinski definition) is 13. The van der Waals surface area contributed by atoms with E-state index < -0.39 is 17.6 Å². The Balaban J connectivity index is 3.73. The van der Waals surface area contributed by atoms with Crippen LogP contribution in [0.4, 0.5) is 0 Å². The van der Waals surface area contributed by atoms with Gasteiger partial charge in [-0.15, -0.1) is 19.3 Å². The van der Waals surface area contributed by atoms with E-state index in [1.165, 1.54) is 0 Å². The van der Waals surface area contributed by atoms with E-state index in [0.29, 0.717) is 79.2 Å². The second-order valence-corrected chi connectivity index (χ2v) is 10.2. The minimum absolute atomic E-state index is 0.0382. The van der Waals surface area contributed by atoms with Crippen LogP contribution in [0.2, 0.25) is 0 Å². The Morgan fingerprint density at radius 2 is 0.980 bits per heavy atom. The van der Waals surface area contributed by atoms with Crippen molar-refractivity contribution in [1.29, 1.82) is 0 Å². The van der Waals surface area contributed by atoms with E-state index in [-0.39, 0.29) is 77.3 Å². The van der Waals surface area contributed by atoms with Crippen molar-refractivity contribution < 1.29 is 62.1 Å². The summed E-state index contributed by atoms with van der Waals surface area (Å²) < 4.78 is 49.0. The van der Waals surface area contributed by atoms with Gasteiger partial charge in [-0.2, -0.15) is 0 Å². The van der Waals surface area contributed by atoms with Crippen molar-refractivity contribution in [2.75, 3.05) is 125 Å². The van der Waals surface area contributed by atoms with Crippen LogP contribution < -0.4 is 16.4 Å². The summed E-state index contributed by atoms with van der Waals surface area (Å²) in [6.45, 7) is 4.83. The normalized spacial score (nSPS) is 11.6. The van der Waals surface area contributed by atoms with Gasteiger partial charge in [0, 0.05) is 19.4 Å². The Hall–Kier alpha value is -3.31. The molecule has 0 aromatic heterocycles. The second kappa shape index (κ2) is 33.2. The SMILES string of the molecule is C#CCOCC(COCC#C)(COCC#C)NC(=O)CCOCCOCCOCCOCCOCCOCCNC(=O)CC[C@H](N)C(=O)O. The van der Waals surface area contributed by atoms with E-state index in [1.807, 2.05) is 0 Å². The predicted octanol–water partition coefficient (Wildman–Crippen LogP) is -1.41. The number of rotatable bonds is 35. The molecule has 278 valence electrons. The Kier molecular flexibility index (Phi) is 31.0. The molecule has 0 aliphatic heterocycles. The molecular weight excluding hydrogens is 646 g/mol. The van der Waals surface area contributed by atoms with Gasteiger partial charge in [-0.1, -0.05) is 17.8 Å². The molecule has 0 unspecified atom stereocenters. The number of terminal acetylenes is 3. The summed E-state index contributed by atoms with van der Waals surface area (Å²) in [7, 11) is 0. The third kappa shape index (κ3) is 29.3. The maximum atomic E-state index is 12.6. The molecule has 16 heteroatoms. The smallest absolute Gasteiger partial charge is 0.320 e. The zero-order valence-electron chi connectivity index (χ0n) is 28.3. The van der Waals surface area contributed by atoms with Crippen LogP contribution in [0.3, 0.4) is 0 Å². The number of carboxylic acid groups (broad SMARTS) is 1. The fourth-order valence-electron chi connectivity index (χ4n) is 3.64. The summed E-state index contributed by atoms with van der Waals surface area (Å²) in [5.41, 5.74) is 4.32. The minimum Gasteiger partial charge on any atom is -0.480 e. The second-order valence-electron chi connectivity index (χ2n) is 10.2. The van der Waals surface area contributed by atoms with Crippen LogP contribution in [0.25, 0.3) is 0 Å². The Bertz CT molecular complexity index is 943. The lowest BCUT2D eigenvalue weighted by atomic mass is 10.0. The van der Waals surface area contributed by atoms with Crippen LogP contribution in [0, 0.1) is 37.0 Å². The number of nitrogens with one attached hydrogen (secondary N) is 2. The fraction of sp³-hybridized carbons (Fsp3) is 0.727. The molecular formula is C33H53N3O13. The molecule has 2 amide bonds. The van der Waals surface area contributed by atoms with Gasteiger partial charge in [-0.05, 0) is 6.42 Å². The topological polar surface area (TPSA) is 205 Å². The van der Waals surface area contributed by atoms with E-state index in [0.717, 1.165) is 0 Å². The molecule has 49 heavy (non-hydrogen) atoms. The van der Waals surface area contributed by atoms with Crippen LogP contribution in [-0.2, 0) is 57.0 Å². The first-order valence-corrected chi connectivity index (χ1v) is 15.9. The first-order valence-electron chi connectivity index (χ1n) is 15.9. The minimum atomic E-state index is -1.13. The lowest BCUT2D eigenvalue weighted by Gasteiger charge is -2.33. The van der Waals surface area contributed by atoms with Gasteiger partial charge in [0.2, 0.25) is 11.8 Å². The molecule has 0 heterocycles. The summed E-state index contributed by atoms with van der Waals surface area (Å²) >= 11 is 0. The molecule has 0 aliphatic carbocycles. The number of ether oxygens (including phenoxy) is 9. The maximum Gasteiger partial charge on any atom is 0.320 e. The quantitative estimate of drug-likeness (QED) is 0.0444. The van der Waals surface area contributed by atoms with E-state index in [9.17, 15) is 14.4 Å². The molecule has 1 atom stereocenters. The van der Waals surface area contributed by atoms with Crippen molar-refractivity contribution in [2.24, 2.45) is 5.73 Å². The molecule has 0 saturated carbocycles. The first-order chi connectivity index (χ1) is 23.8. The van der Waals surface area contributed by atoms with Crippen molar-refractivity contribution in [3.05, 3.63) is 0 Å². The predicted molar refractivity (Wildman–Crippen MR) is 177 cm³/mol. The zero-order valence-corrected chi connectivity index (χ0v) is 28.3. The van der Waals surface area contributed by atoms with Gasteiger partial charge < -0.3 is 64.1 Å². The van der Waals surface area contributed by atoms with Crippen LogP contribution in [0.15, 0.2) is 0 Å². The van der Waals surface area contributed by atoms with E-state index in [1.54, 1.807) is 0 Å². The monoisotopic (exact) mass is 699 g/mol. The van der Waals surface area contributed by atoms with Crippen molar-refractivity contribution in [3.63, 3.8) is 0 Å². The van der Waals surface area contributed by atoms with Gasteiger partial charge >= 0.3 is 5.97 Å². The number of nitrogens with two attached hydrogens (primary N) is 1. The summed E-state index contributed by atoms with van der Waals surface area (Å²) in [4.78, 5) is 34.8. The maximum absolute atomic E-state index is 12.6. The molecule has 0 aromatic carbocycles. The molecule has 0 radical (unpaired) electrons. The lowest BCUT2D eigenvalue weighted by Crippen LogP contribution is -2.58. The first kappa shape index (κ1) is 45.7. The van der Waals surface area contributed by atoms with E-state index in [4.69, 9.17) is 72.7 Å². The van der Waals surface area contributed by atoms with Crippen molar-refractivity contribution in [3.8, 4) is 37.0 Å². The Labute approximate surface area is 289 Å². The van der Waals surface area contributed by atoms with Gasteiger partial charge in [0.25, 0.3) is 0 Å². The summed E-state index contributed by atoms with van der Waals surface area (Å²) in [5, 5.41) is 14.2. The summed E-state index contributed by atoms with van der Waals surface area (Å²) in [6, 6.07) is -1.05. The third-order valence-electron chi connectivity index (χ3n) is 6.00. The van der Waals surface area contributed by atoms with Gasteiger partial charge in [-0.25, -0.2) is 0 Å². The average Bonchev–Trinajstić information content (AvgIpc) is 3.08. The molecule has 0 aliphatic rings. The third-order valence-corrected chi connectivity index (χ3v) is 6.00. The molecule has 0 bridgehead atoms. The largest absolute Gasteiger partial charge is 0.480 e. The summed E-state index contributed by atoms with van der Waals surface area (Å²) in [5.74, 6) is 5.42. The number of hydrogen-bond donors (Lipinski definition) is 4. The molecule has 16 nitrogen and oxygen atoms in total. The molecule has 0 rings (SSSR count). The van der Waals surface area contributed by atoms with Gasteiger partial charge in [0.1, 0.15) is 31.4 Å². The van der Waals surface area contributed by atoms with Crippen LogP contribution in [0.1, 0.15) is 19.3 Å².